The number of carboxylic acids is 2. The van der Waals surface area contributed by atoms with Crippen LogP contribution in [-0.2, 0) is 24.0 Å². The molecule has 0 spiro atoms. The molecule has 0 aliphatic carbocycles. The Morgan fingerprint density at radius 3 is 2.26 bits per heavy atom. The Bertz CT molecular complexity index is 1190. The molecule has 1 aromatic carbocycles. The van der Waals surface area contributed by atoms with Gasteiger partial charge in [0, 0.05) is 57.5 Å². The quantitative estimate of drug-likeness (QED) is 0.303. The van der Waals surface area contributed by atoms with Crippen molar-refractivity contribution in [2.45, 2.75) is 58.2 Å². The minimum absolute atomic E-state index is 0.00224. The summed E-state index contributed by atoms with van der Waals surface area (Å²) in [5, 5.41) is 22.6. The Morgan fingerprint density at radius 1 is 1.12 bits per heavy atom. The number of carboxylic acid groups (broad SMARTS) is 2. The number of hydrogen-bond acceptors (Lipinski definition) is 7. The van der Waals surface area contributed by atoms with Crippen LogP contribution in [0.5, 0.6) is 0 Å². The van der Waals surface area contributed by atoms with Crippen molar-refractivity contribution >= 4 is 46.9 Å². The lowest BCUT2D eigenvalue weighted by Gasteiger charge is -2.51. The largest absolute Gasteiger partial charge is 0.478 e. The first-order valence-electron chi connectivity index (χ1n) is 14.2. The van der Waals surface area contributed by atoms with Crippen LogP contribution in [-0.4, -0.2) is 108 Å². The van der Waals surface area contributed by atoms with E-state index in [0.717, 1.165) is 5.69 Å². The molecule has 238 valence electrons. The molecule has 2 heterocycles. The fourth-order valence-corrected chi connectivity index (χ4v) is 5.56. The van der Waals surface area contributed by atoms with E-state index in [2.05, 4.69) is 29.4 Å². The van der Waals surface area contributed by atoms with E-state index in [1.54, 1.807) is 25.1 Å². The number of piperazine rings is 1. The summed E-state index contributed by atoms with van der Waals surface area (Å²) in [6.07, 6.45) is 2.34. The Balaban J connectivity index is 0.000000708. The second kappa shape index (κ2) is 15.8. The molecule has 0 bridgehead atoms. The molecular formula is C30H44ClN5O7. The number of likely N-dealkylation sites (N-methyl/N-ethyl adjacent to an activating group) is 1. The van der Waals surface area contributed by atoms with Gasteiger partial charge in [0.15, 0.2) is 0 Å². The molecule has 2 aliphatic rings. The van der Waals surface area contributed by atoms with Crippen molar-refractivity contribution < 1.29 is 34.2 Å². The molecule has 43 heavy (non-hydrogen) atoms. The molecule has 4 N–H and O–H groups in total. The zero-order chi connectivity index (χ0) is 32.5. The number of para-hydroxylation sites is 1. The Labute approximate surface area is 258 Å². The number of carbonyl (C=O) groups is 5. The van der Waals surface area contributed by atoms with Crippen molar-refractivity contribution in [1.29, 1.82) is 0 Å². The molecule has 2 aliphatic heterocycles. The first kappa shape index (κ1) is 35.7. The number of rotatable bonds is 9. The van der Waals surface area contributed by atoms with Crippen molar-refractivity contribution in [3.8, 4) is 0 Å². The maximum Gasteiger partial charge on any atom is 0.328 e. The summed E-state index contributed by atoms with van der Waals surface area (Å²) in [5.74, 6) is -2.71. The van der Waals surface area contributed by atoms with Crippen LogP contribution in [0.4, 0.5) is 5.69 Å². The molecule has 3 atom stereocenters. The first-order valence-corrected chi connectivity index (χ1v) is 14.6. The Morgan fingerprint density at radius 2 is 1.72 bits per heavy atom. The summed E-state index contributed by atoms with van der Waals surface area (Å²) in [6.45, 7) is 10.4. The first-order chi connectivity index (χ1) is 20.0. The number of benzene rings is 1. The third-order valence-corrected chi connectivity index (χ3v) is 7.66. The highest BCUT2D eigenvalue weighted by Crippen LogP contribution is 2.33. The zero-order valence-electron chi connectivity index (χ0n) is 25.7. The predicted molar refractivity (Wildman–Crippen MR) is 164 cm³/mol. The summed E-state index contributed by atoms with van der Waals surface area (Å²) in [4.78, 5) is 63.6. The highest BCUT2D eigenvalue weighted by Gasteiger charge is 2.44. The number of carbonyl (C=O) groups excluding carboxylic acids is 3. The molecule has 2 saturated heterocycles. The van der Waals surface area contributed by atoms with Crippen molar-refractivity contribution in [1.82, 2.24) is 20.4 Å². The molecule has 0 radical (unpaired) electrons. The summed E-state index contributed by atoms with van der Waals surface area (Å²) in [7, 11) is 3.42. The third-order valence-electron chi connectivity index (χ3n) is 7.34. The summed E-state index contributed by atoms with van der Waals surface area (Å²) >= 11 is 6.38. The van der Waals surface area contributed by atoms with Crippen LogP contribution in [0.1, 0.15) is 40.5 Å². The number of hydrogen-bond donors (Lipinski definition) is 4. The third kappa shape index (κ3) is 10.6. The average Bonchev–Trinajstić information content (AvgIpc) is 2.92. The van der Waals surface area contributed by atoms with Gasteiger partial charge in [-0.15, -0.1) is 0 Å². The van der Waals surface area contributed by atoms with Gasteiger partial charge >= 0.3 is 11.9 Å². The van der Waals surface area contributed by atoms with Gasteiger partial charge in [-0.3, -0.25) is 19.3 Å². The number of amides is 3. The standard InChI is InChI=1S/C26H40ClN5O3.C4H4O4/c1-17(2)11-21(25(35)30(5)6)29-24(34)18-12-19(14-28-13-18)32-15-23(33)31(16-26(32,3)4)22-10-8-7-9-20(22)27;5-3(6)1-2-4(7)8/h7-10,17-19,21,28H,11-16H2,1-6H3,(H,29,34);1-2H,(H,5,6)(H,7,8)/b;2-1+/t18-,19+,21+;/m0./s1. The molecule has 12 nitrogen and oxygen atoms in total. The van der Waals surface area contributed by atoms with Crippen molar-refractivity contribution in [3.63, 3.8) is 0 Å². The van der Waals surface area contributed by atoms with Crippen LogP contribution in [0.2, 0.25) is 5.02 Å². The van der Waals surface area contributed by atoms with Gasteiger partial charge in [-0.05, 0) is 44.7 Å². The van der Waals surface area contributed by atoms with Gasteiger partial charge < -0.3 is 30.6 Å². The topological polar surface area (TPSA) is 160 Å². The smallest absolute Gasteiger partial charge is 0.328 e. The van der Waals surface area contributed by atoms with Gasteiger partial charge in [0.25, 0.3) is 0 Å². The number of anilines is 1. The van der Waals surface area contributed by atoms with E-state index in [-0.39, 0.29) is 47.7 Å². The Hall–Kier alpha value is -3.48. The van der Waals surface area contributed by atoms with E-state index in [1.807, 2.05) is 32.0 Å². The van der Waals surface area contributed by atoms with Gasteiger partial charge in [-0.1, -0.05) is 37.6 Å². The SMILES string of the molecule is CC(C)C[C@@H](NC(=O)[C@@H]1CNC[C@H](N2CC(=O)N(c3ccccc3Cl)CC2(C)C)C1)C(=O)N(C)C.O=C(O)/C=C/C(=O)O. The molecule has 0 aromatic heterocycles. The molecule has 13 heteroatoms. The second-order valence-corrected chi connectivity index (χ2v) is 12.5. The molecule has 1 aromatic rings. The van der Waals surface area contributed by atoms with Crippen LogP contribution >= 0.6 is 11.6 Å². The lowest BCUT2D eigenvalue weighted by molar-refractivity contribution is -0.137. The van der Waals surface area contributed by atoms with Crippen molar-refractivity contribution in [3.05, 3.63) is 41.4 Å². The lowest BCUT2D eigenvalue weighted by atomic mass is 9.88. The summed E-state index contributed by atoms with van der Waals surface area (Å²) in [6, 6.07) is 6.90. The lowest BCUT2D eigenvalue weighted by Crippen LogP contribution is -2.67. The maximum atomic E-state index is 13.2. The monoisotopic (exact) mass is 621 g/mol. The molecule has 3 rings (SSSR count). The number of nitrogens with one attached hydrogen (secondary N) is 2. The molecular weight excluding hydrogens is 578 g/mol. The predicted octanol–water partition coefficient (Wildman–Crippen LogP) is 2.08. The molecule has 0 unspecified atom stereocenters. The summed E-state index contributed by atoms with van der Waals surface area (Å²) in [5.41, 5.74) is 0.423. The van der Waals surface area contributed by atoms with E-state index in [4.69, 9.17) is 21.8 Å². The normalized spacial score (nSPS) is 21.1. The second-order valence-electron chi connectivity index (χ2n) is 12.0. The highest BCUT2D eigenvalue weighted by molar-refractivity contribution is 6.33. The van der Waals surface area contributed by atoms with E-state index >= 15 is 0 Å². The van der Waals surface area contributed by atoms with E-state index in [1.165, 1.54) is 4.90 Å². The average molecular weight is 622 g/mol. The van der Waals surface area contributed by atoms with Crippen LogP contribution in [0.25, 0.3) is 0 Å². The van der Waals surface area contributed by atoms with Crippen LogP contribution in [0.15, 0.2) is 36.4 Å². The van der Waals surface area contributed by atoms with E-state index in [9.17, 15) is 24.0 Å². The van der Waals surface area contributed by atoms with Gasteiger partial charge in [-0.2, -0.15) is 0 Å². The minimum Gasteiger partial charge on any atom is -0.478 e. The van der Waals surface area contributed by atoms with E-state index < -0.39 is 18.0 Å². The number of nitrogens with zero attached hydrogens (tertiary/aromatic N) is 3. The number of halogens is 1. The van der Waals surface area contributed by atoms with Crippen LogP contribution in [0, 0.1) is 11.8 Å². The minimum atomic E-state index is -1.26. The maximum absolute atomic E-state index is 13.2. The van der Waals surface area contributed by atoms with Crippen LogP contribution in [0.3, 0.4) is 0 Å². The highest BCUT2D eigenvalue weighted by atomic mass is 35.5. The van der Waals surface area contributed by atoms with Crippen LogP contribution < -0.4 is 15.5 Å². The van der Waals surface area contributed by atoms with Crippen molar-refractivity contribution in [2.75, 3.05) is 45.2 Å². The fraction of sp³-hybridized carbons (Fsp3) is 0.567. The van der Waals surface area contributed by atoms with E-state index in [0.29, 0.717) is 49.7 Å². The summed E-state index contributed by atoms with van der Waals surface area (Å²) < 4.78 is 0. The fourth-order valence-electron chi connectivity index (χ4n) is 5.32. The van der Waals surface area contributed by atoms with Gasteiger partial charge in [-0.25, -0.2) is 9.59 Å². The number of piperidine rings is 1. The van der Waals surface area contributed by atoms with Gasteiger partial charge in [0.05, 0.1) is 23.2 Å². The van der Waals surface area contributed by atoms with Gasteiger partial charge in [0.1, 0.15) is 6.04 Å². The Kier molecular flexibility index (Phi) is 13.2. The molecule has 2 fully saturated rings. The molecule has 0 saturated carbocycles. The zero-order valence-corrected chi connectivity index (χ0v) is 26.4. The molecule has 3 amide bonds. The number of aliphatic carboxylic acids is 2. The van der Waals surface area contributed by atoms with Crippen molar-refractivity contribution in [2.24, 2.45) is 11.8 Å². The van der Waals surface area contributed by atoms with Gasteiger partial charge in [0.2, 0.25) is 17.7 Å².